The lowest BCUT2D eigenvalue weighted by atomic mass is 9.85. The van der Waals surface area contributed by atoms with Crippen LogP contribution in [-0.4, -0.2) is 73.6 Å². The van der Waals surface area contributed by atoms with E-state index in [0.717, 1.165) is 41.1 Å². The number of piperidine rings is 1. The summed E-state index contributed by atoms with van der Waals surface area (Å²) in [6, 6.07) is 5.83. The van der Waals surface area contributed by atoms with Crippen LogP contribution >= 0.6 is 0 Å². The molecule has 40 heavy (non-hydrogen) atoms. The van der Waals surface area contributed by atoms with E-state index in [1.165, 1.54) is 17.8 Å². The van der Waals surface area contributed by atoms with Crippen LogP contribution in [0.3, 0.4) is 0 Å². The fourth-order valence-corrected chi connectivity index (χ4v) is 6.31. The first-order valence-corrected chi connectivity index (χ1v) is 13.2. The van der Waals surface area contributed by atoms with E-state index in [4.69, 9.17) is 10.7 Å². The first-order chi connectivity index (χ1) is 19.4. The molecule has 2 bridgehead atoms. The maximum absolute atomic E-state index is 13.1. The second-order valence-electron chi connectivity index (χ2n) is 10.6. The highest BCUT2D eigenvalue weighted by Gasteiger charge is 2.45. The van der Waals surface area contributed by atoms with Crippen LogP contribution in [0.1, 0.15) is 70.9 Å². The number of hydrogen-bond acceptors (Lipinski definition) is 9. The maximum atomic E-state index is 13.1. The highest BCUT2D eigenvalue weighted by atomic mass is 16.2. The average Bonchev–Trinajstić information content (AvgIpc) is 3.75. The van der Waals surface area contributed by atoms with E-state index in [9.17, 15) is 9.59 Å². The molecule has 0 aromatic carbocycles. The molecule has 5 aromatic heterocycles. The van der Waals surface area contributed by atoms with Crippen LogP contribution in [-0.2, 0) is 0 Å². The normalized spacial score (nSPS) is 20.4. The third-order valence-corrected chi connectivity index (χ3v) is 8.08. The highest BCUT2D eigenvalue weighted by Crippen LogP contribution is 2.45. The molecule has 2 fully saturated rings. The highest BCUT2D eigenvalue weighted by molar-refractivity contribution is 6.00. The smallest absolute Gasteiger partial charge is 0.292 e. The van der Waals surface area contributed by atoms with Crippen molar-refractivity contribution >= 4 is 23.2 Å². The standard InChI is InChI=1S/C27H27N11O2/c1-13-7-21(35-34-13)20-6-3-15(10-29-20)19-11-32-38-24(28)22(14(2)39)23(33-26(19)38)16-8-17-4-5-18(9-16)37(17)27(40)25-30-12-31-36-25/h3,6-7,10-12,16-18H,4-5,8-9,28H2,1-2H3,(H,34,35)(H,30,31,36)/t16?,17-,18+. The quantitative estimate of drug-likeness (QED) is 0.284. The van der Waals surface area contributed by atoms with Gasteiger partial charge in [-0.3, -0.25) is 19.7 Å². The third kappa shape index (κ3) is 3.76. The van der Waals surface area contributed by atoms with Crippen molar-refractivity contribution in [1.82, 2.24) is 49.9 Å². The summed E-state index contributed by atoms with van der Waals surface area (Å²) in [5.74, 6) is 0.176. The Morgan fingerprint density at radius 1 is 1.10 bits per heavy atom. The molecule has 3 atom stereocenters. The predicted molar refractivity (Wildman–Crippen MR) is 144 cm³/mol. The number of nitrogens with one attached hydrogen (secondary N) is 2. The topological polar surface area (TPSA) is 177 Å². The molecular formula is C27H27N11O2. The average molecular weight is 538 g/mol. The Kier molecular flexibility index (Phi) is 5.47. The summed E-state index contributed by atoms with van der Waals surface area (Å²) in [5.41, 5.74) is 12.3. The van der Waals surface area contributed by atoms with Crippen molar-refractivity contribution in [1.29, 1.82) is 0 Å². The largest absolute Gasteiger partial charge is 0.383 e. The fourth-order valence-electron chi connectivity index (χ4n) is 6.31. The summed E-state index contributed by atoms with van der Waals surface area (Å²) in [6.07, 6.45) is 8.02. The zero-order valence-electron chi connectivity index (χ0n) is 22.0. The van der Waals surface area contributed by atoms with Gasteiger partial charge in [0.25, 0.3) is 5.91 Å². The number of H-pyrrole nitrogens is 2. The summed E-state index contributed by atoms with van der Waals surface area (Å²) in [6.45, 7) is 3.44. The Labute approximate surface area is 228 Å². The van der Waals surface area contributed by atoms with Crippen molar-refractivity contribution in [2.45, 2.75) is 57.5 Å². The van der Waals surface area contributed by atoms with Crippen LogP contribution < -0.4 is 5.73 Å². The Hall–Kier alpha value is -4.94. The lowest BCUT2D eigenvalue weighted by Gasteiger charge is -2.38. The summed E-state index contributed by atoms with van der Waals surface area (Å²) in [5, 5.41) is 19.4. The SMILES string of the molecule is CC(=O)c1c(C2C[C@H]3CC[C@@H](C2)N3C(=O)c2nnc[nH]2)nc2c(-c3ccc(-c4cc(C)[nH]n4)nc3)cnn2c1N. The molecule has 1 amide bonds. The van der Waals surface area contributed by atoms with E-state index in [-0.39, 0.29) is 41.3 Å². The van der Waals surface area contributed by atoms with Crippen molar-refractivity contribution in [2.24, 2.45) is 0 Å². The molecule has 0 aliphatic carbocycles. The van der Waals surface area contributed by atoms with Gasteiger partial charge in [-0.2, -0.15) is 14.7 Å². The molecule has 7 heterocycles. The van der Waals surface area contributed by atoms with Gasteiger partial charge in [0.15, 0.2) is 11.4 Å². The molecule has 7 rings (SSSR count). The summed E-state index contributed by atoms with van der Waals surface area (Å²) in [7, 11) is 0. The first-order valence-electron chi connectivity index (χ1n) is 13.2. The van der Waals surface area contributed by atoms with Crippen LogP contribution in [0.5, 0.6) is 0 Å². The molecule has 5 aromatic rings. The fraction of sp³-hybridized carbons (Fsp3) is 0.333. The number of carbonyl (C=O) groups excluding carboxylic acids is 2. The molecule has 0 radical (unpaired) electrons. The van der Waals surface area contributed by atoms with Gasteiger partial charge in [-0.05, 0) is 51.7 Å². The van der Waals surface area contributed by atoms with Gasteiger partial charge < -0.3 is 15.6 Å². The first kappa shape index (κ1) is 24.1. The van der Waals surface area contributed by atoms with E-state index >= 15 is 0 Å². The van der Waals surface area contributed by atoms with Gasteiger partial charge in [-0.15, -0.1) is 10.2 Å². The zero-order valence-corrected chi connectivity index (χ0v) is 22.0. The minimum absolute atomic E-state index is 0.0206. The molecule has 2 aliphatic heterocycles. The Morgan fingerprint density at radius 2 is 1.90 bits per heavy atom. The monoisotopic (exact) mass is 537 g/mol. The Bertz CT molecular complexity index is 1740. The molecule has 13 nitrogen and oxygen atoms in total. The van der Waals surface area contributed by atoms with Gasteiger partial charge in [0.1, 0.15) is 17.8 Å². The van der Waals surface area contributed by atoms with E-state index in [1.807, 2.05) is 30.0 Å². The number of aromatic nitrogens is 9. The zero-order chi connectivity index (χ0) is 27.5. The number of pyridine rings is 1. The van der Waals surface area contributed by atoms with Gasteiger partial charge in [-0.1, -0.05) is 6.07 Å². The molecule has 1 unspecified atom stereocenters. The summed E-state index contributed by atoms with van der Waals surface area (Å²) >= 11 is 0. The molecule has 13 heteroatoms. The number of Topliss-reactive ketones (excluding diaryl/α,β-unsaturated/α-hetero) is 1. The molecule has 0 spiro atoms. The number of ketones is 1. The van der Waals surface area contributed by atoms with Crippen molar-refractivity contribution in [3.63, 3.8) is 0 Å². The number of nitrogens with two attached hydrogens (primary N) is 1. The third-order valence-electron chi connectivity index (χ3n) is 8.08. The van der Waals surface area contributed by atoms with Crippen LogP contribution in [0.2, 0.25) is 0 Å². The number of amides is 1. The number of nitrogens with zero attached hydrogens (tertiary/aromatic N) is 8. The second-order valence-corrected chi connectivity index (χ2v) is 10.6. The molecular weight excluding hydrogens is 510 g/mol. The van der Waals surface area contributed by atoms with Crippen molar-refractivity contribution in [2.75, 3.05) is 5.73 Å². The maximum Gasteiger partial charge on any atom is 0.292 e. The van der Waals surface area contributed by atoms with Crippen LogP contribution in [0.15, 0.2) is 36.9 Å². The van der Waals surface area contributed by atoms with E-state index in [2.05, 4.69) is 35.5 Å². The minimum Gasteiger partial charge on any atom is -0.383 e. The number of rotatable bonds is 5. The predicted octanol–water partition coefficient (Wildman–Crippen LogP) is 2.94. The summed E-state index contributed by atoms with van der Waals surface area (Å²) < 4.78 is 1.53. The van der Waals surface area contributed by atoms with Crippen LogP contribution in [0, 0.1) is 6.92 Å². The number of aryl methyl sites for hydroxylation is 1. The van der Waals surface area contributed by atoms with Crippen LogP contribution in [0.4, 0.5) is 5.82 Å². The minimum atomic E-state index is -0.160. The number of anilines is 1. The lowest BCUT2D eigenvalue weighted by molar-refractivity contribution is 0.0556. The van der Waals surface area contributed by atoms with Crippen molar-refractivity contribution in [3.8, 4) is 22.5 Å². The van der Waals surface area contributed by atoms with E-state index in [0.29, 0.717) is 29.7 Å². The molecule has 4 N–H and O–H groups in total. The molecule has 2 aliphatic rings. The van der Waals surface area contributed by atoms with Crippen LogP contribution in [0.25, 0.3) is 28.2 Å². The number of hydrogen-bond donors (Lipinski definition) is 3. The Morgan fingerprint density at radius 3 is 2.52 bits per heavy atom. The van der Waals surface area contributed by atoms with Gasteiger partial charge in [0, 0.05) is 41.0 Å². The number of carbonyl (C=O) groups is 2. The molecule has 0 saturated carbocycles. The van der Waals surface area contributed by atoms with Gasteiger partial charge in [0.2, 0.25) is 5.82 Å². The van der Waals surface area contributed by atoms with E-state index in [1.54, 1.807) is 12.4 Å². The molecule has 202 valence electrons. The summed E-state index contributed by atoms with van der Waals surface area (Å²) in [4.78, 5) is 40.4. The van der Waals surface area contributed by atoms with Gasteiger partial charge >= 0.3 is 0 Å². The lowest BCUT2D eigenvalue weighted by Crippen LogP contribution is -2.46. The Balaban J connectivity index is 1.26. The van der Waals surface area contributed by atoms with Gasteiger partial charge in [-0.25, -0.2) is 4.98 Å². The molecule has 2 saturated heterocycles. The van der Waals surface area contributed by atoms with E-state index < -0.39 is 0 Å². The second kappa shape index (κ2) is 9.07. The number of nitrogen functional groups attached to an aromatic ring is 1. The van der Waals surface area contributed by atoms with Crippen molar-refractivity contribution in [3.05, 3.63) is 59.7 Å². The number of fused-ring (bicyclic) bond motifs is 3. The van der Waals surface area contributed by atoms with Crippen molar-refractivity contribution < 1.29 is 9.59 Å². The number of aromatic amines is 2. The van der Waals surface area contributed by atoms with Gasteiger partial charge in [0.05, 0.1) is 23.1 Å².